The maximum Gasteiger partial charge on any atom is 0.230 e. The van der Waals surface area contributed by atoms with Gasteiger partial charge in [-0.2, -0.15) is 0 Å². The number of aromatic nitrogens is 1. The van der Waals surface area contributed by atoms with Crippen molar-refractivity contribution < 1.29 is 9.69 Å². The molecule has 0 saturated heterocycles. The summed E-state index contributed by atoms with van der Waals surface area (Å²) >= 11 is 1.51. The zero-order chi connectivity index (χ0) is 21.0. The molecule has 2 aromatic carbocycles. The number of nitrogens with one attached hydrogen (secondary N) is 1. The first-order valence-electron chi connectivity index (χ1n) is 9.95. The largest absolute Gasteiger partial charge is 0.329 e. The van der Waals surface area contributed by atoms with Crippen molar-refractivity contribution in [3.8, 4) is 0 Å². The minimum atomic E-state index is -0.0308. The highest BCUT2D eigenvalue weighted by atomic mass is 32.1. The highest BCUT2D eigenvalue weighted by molar-refractivity contribution is 7.14. The SMILES string of the molecule is CC(=O)N(c1ccccc1)c1nc(C[NH+](C)Cc2ccc(C(C)(C)C)cc2)cs1. The van der Waals surface area contributed by atoms with E-state index >= 15 is 0 Å². The molecule has 0 bridgehead atoms. The highest BCUT2D eigenvalue weighted by Crippen LogP contribution is 2.28. The average Bonchev–Trinajstić information content (AvgIpc) is 3.09. The molecule has 3 aromatic rings. The maximum atomic E-state index is 12.2. The Bertz CT molecular complexity index is 942. The molecule has 0 aliphatic carbocycles. The topological polar surface area (TPSA) is 37.6 Å². The van der Waals surface area contributed by atoms with Crippen molar-refractivity contribution in [2.45, 2.75) is 46.2 Å². The van der Waals surface area contributed by atoms with Crippen LogP contribution in [0.15, 0.2) is 60.0 Å². The van der Waals surface area contributed by atoms with Crippen LogP contribution in [0.1, 0.15) is 44.5 Å². The second-order valence-electron chi connectivity index (χ2n) is 8.57. The van der Waals surface area contributed by atoms with Gasteiger partial charge in [0.15, 0.2) is 5.13 Å². The molecule has 0 radical (unpaired) electrons. The number of rotatable bonds is 6. The van der Waals surface area contributed by atoms with Gasteiger partial charge < -0.3 is 4.90 Å². The number of thiazole rings is 1. The fraction of sp³-hybridized carbons (Fsp3) is 0.333. The van der Waals surface area contributed by atoms with Crippen molar-refractivity contribution in [2.75, 3.05) is 11.9 Å². The molecular weight excluding hydrogens is 378 g/mol. The number of hydrogen-bond acceptors (Lipinski definition) is 3. The maximum absolute atomic E-state index is 12.2. The molecule has 152 valence electrons. The summed E-state index contributed by atoms with van der Waals surface area (Å²) < 4.78 is 0. The number of amides is 1. The van der Waals surface area contributed by atoms with Gasteiger partial charge >= 0.3 is 0 Å². The van der Waals surface area contributed by atoms with Crippen LogP contribution >= 0.6 is 11.3 Å². The van der Waals surface area contributed by atoms with Crippen LogP contribution in [0.3, 0.4) is 0 Å². The van der Waals surface area contributed by atoms with Gasteiger partial charge in [-0.3, -0.25) is 9.69 Å². The summed E-state index contributed by atoms with van der Waals surface area (Å²) in [7, 11) is 2.18. The third-order valence-electron chi connectivity index (χ3n) is 4.87. The van der Waals surface area contributed by atoms with E-state index in [9.17, 15) is 4.79 Å². The molecule has 1 amide bonds. The van der Waals surface area contributed by atoms with Gasteiger partial charge in [-0.25, -0.2) is 4.98 Å². The molecule has 1 heterocycles. The lowest BCUT2D eigenvalue weighted by Gasteiger charge is -2.19. The van der Waals surface area contributed by atoms with Gasteiger partial charge in [0.2, 0.25) is 5.91 Å². The van der Waals surface area contributed by atoms with Crippen LogP contribution in [0.25, 0.3) is 0 Å². The molecule has 0 aliphatic rings. The number of anilines is 2. The quantitative estimate of drug-likeness (QED) is 0.659. The molecule has 0 spiro atoms. The summed E-state index contributed by atoms with van der Waals surface area (Å²) in [5, 5.41) is 2.78. The molecule has 0 saturated carbocycles. The van der Waals surface area contributed by atoms with E-state index in [4.69, 9.17) is 4.98 Å². The fourth-order valence-electron chi connectivity index (χ4n) is 3.33. The van der Waals surface area contributed by atoms with Crippen molar-refractivity contribution in [1.29, 1.82) is 0 Å². The minimum absolute atomic E-state index is 0.0308. The number of nitrogens with zero attached hydrogens (tertiary/aromatic N) is 2. The van der Waals surface area contributed by atoms with Crippen LogP contribution in [0.5, 0.6) is 0 Å². The fourth-order valence-corrected chi connectivity index (χ4v) is 4.21. The predicted octanol–water partition coefficient (Wildman–Crippen LogP) is 4.34. The Labute approximate surface area is 177 Å². The first-order valence-corrected chi connectivity index (χ1v) is 10.8. The first kappa shape index (κ1) is 21.2. The zero-order valence-corrected chi connectivity index (χ0v) is 18.7. The van der Waals surface area contributed by atoms with Crippen molar-refractivity contribution in [1.82, 2.24) is 4.98 Å². The van der Waals surface area contributed by atoms with Crippen molar-refractivity contribution >= 4 is 28.1 Å². The molecule has 1 unspecified atom stereocenters. The Morgan fingerprint density at radius 1 is 1.03 bits per heavy atom. The molecule has 1 atom stereocenters. The molecule has 0 fully saturated rings. The molecule has 0 aliphatic heterocycles. The van der Waals surface area contributed by atoms with Gasteiger partial charge in [0.25, 0.3) is 0 Å². The van der Waals surface area contributed by atoms with E-state index in [0.29, 0.717) is 0 Å². The van der Waals surface area contributed by atoms with Crippen LogP contribution in [0.4, 0.5) is 10.8 Å². The van der Waals surface area contributed by atoms with Gasteiger partial charge in [0.1, 0.15) is 18.8 Å². The Kier molecular flexibility index (Phi) is 6.50. The van der Waals surface area contributed by atoms with E-state index in [1.807, 2.05) is 30.3 Å². The summed E-state index contributed by atoms with van der Waals surface area (Å²) in [5.41, 5.74) is 4.71. The van der Waals surface area contributed by atoms with E-state index < -0.39 is 0 Å². The van der Waals surface area contributed by atoms with Crippen LogP contribution in [-0.4, -0.2) is 17.9 Å². The summed E-state index contributed by atoms with van der Waals surface area (Å²) in [6.07, 6.45) is 0. The third-order valence-corrected chi connectivity index (χ3v) is 5.74. The minimum Gasteiger partial charge on any atom is -0.329 e. The first-order chi connectivity index (χ1) is 13.7. The summed E-state index contributed by atoms with van der Waals surface area (Å²) in [6, 6.07) is 18.6. The number of para-hydroxylation sites is 1. The second kappa shape index (κ2) is 8.89. The molecule has 1 aromatic heterocycles. The number of carbonyl (C=O) groups excluding carboxylic acids is 1. The highest BCUT2D eigenvalue weighted by Gasteiger charge is 2.19. The molecule has 5 heteroatoms. The van der Waals surface area contributed by atoms with Gasteiger partial charge in [-0.05, 0) is 23.1 Å². The lowest BCUT2D eigenvalue weighted by Crippen LogP contribution is -3.06. The summed E-state index contributed by atoms with van der Waals surface area (Å²) in [6.45, 7) is 10.0. The van der Waals surface area contributed by atoms with Crippen molar-refractivity contribution in [3.63, 3.8) is 0 Å². The van der Waals surface area contributed by atoms with Gasteiger partial charge in [-0.15, -0.1) is 11.3 Å². The predicted molar refractivity (Wildman–Crippen MR) is 121 cm³/mol. The van der Waals surface area contributed by atoms with Crippen LogP contribution < -0.4 is 9.80 Å². The van der Waals surface area contributed by atoms with Crippen molar-refractivity contribution in [3.05, 3.63) is 76.8 Å². The van der Waals surface area contributed by atoms with E-state index in [1.54, 1.807) is 11.8 Å². The average molecular weight is 409 g/mol. The molecular formula is C24H30N3OS+. The Morgan fingerprint density at radius 3 is 2.28 bits per heavy atom. The molecule has 4 nitrogen and oxygen atoms in total. The van der Waals surface area contributed by atoms with E-state index in [2.05, 4.69) is 57.5 Å². The summed E-state index contributed by atoms with van der Waals surface area (Å²) in [5.74, 6) is -0.0308. The van der Waals surface area contributed by atoms with E-state index in [-0.39, 0.29) is 11.3 Å². The molecule has 1 N–H and O–H groups in total. The second-order valence-corrected chi connectivity index (χ2v) is 9.41. The zero-order valence-electron chi connectivity index (χ0n) is 17.9. The number of quaternary nitrogens is 1. The molecule has 3 rings (SSSR count). The smallest absolute Gasteiger partial charge is 0.230 e. The van der Waals surface area contributed by atoms with E-state index in [0.717, 1.165) is 29.6 Å². The van der Waals surface area contributed by atoms with Crippen LogP contribution in [-0.2, 0) is 23.3 Å². The number of hydrogen-bond donors (Lipinski definition) is 1. The number of benzene rings is 2. The summed E-state index contributed by atoms with van der Waals surface area (Å²) in [4.78, 5) is 20.0. The van der Waals surface area contributed by atoms with Gasteiger partial charge in [0, 0.05) is 17.9 Å². The lowest BCUT2D eigenvalue weighted by molar-refractivity contribution is -0.908. The Morgan fingerprint density at radius 2 is 1.69 bits per heavy atom. The normalized spacial score (nSPS) is 12.6. The van der Waals surface area contributed by atoms with Crippen molar-refractivity contribution in [2.24, 2.45) is 0 Å². The number of carbonyl (C=O) groups is 1. The van der Waals surface area contributed by atoms with Crippen LogP contribution in [0.2, 0.25) is 0 Å². The van der Waals surface area contributed by atoms with Crippen LogP contribution in [0, 0.1) is 0 Å². The Balaban J connectivity index is 1.67. The Hall–Kier alpha value is -2.50. The van der Waals surface area contributed by atoms with Gasteiger partial charge in [-0.1, -0.05) is 63.2 Å². The standard InChI is InChI=1S/C24H29N3OS/c1-18(28)27(22-9-7-6-8-10-22)23-25-21(17-29-23)16-26(5)15-19-11-13-20(14-12-19)24(2,3)4/h6-14,17H,15-16H2,1-5H3/p+1. The lowest BCUT2D eigenvalue weighted by atomic mass is 9.87. The van der Waals surface area contributed by atoms with E-state index in [1.165, 1.54) is 27.4 Å². The monoisotopic (exact) mass is 408 g/mol. The molecule has 29 heavy (non-hydrogen) atoms. The third kappa shape index (κ3) is 5.52. The van der Waals surface area contributed by atoms with Gasteiger partial charge in [0.05, 0.1) is 12.7 Å².